The molecule has 2 rings (SSSR count). The molecule has 0 atom stereocenters. The van der Waals surface area contributed by atoms with Crippen molar-refractivity contribution >= 4 is 10.0 Å². The molecule has 7 heteroatoms. The van der Waals surface area contributed by atoms with Crippen LogP contribution in [0.2, 0.25) is 0 Å². The number of nitrogens with two attached hydrogens (primary N) is 1. The summed E-state index contributed by atoms with van der Waals surface area (Å²) in [6.45, 7) is -0.405. The Morgan fingerprint density at radius 3 is 2.33 bits per heavy atom. The molecule has 0 bridgehead atoms. The lowest BCUT2D eigenvalue weighted by Gasteiger charge is -2.10. The van der Waals surface area contributed by atoms with Crippen molar-refractivity contribution in [1.82, 2.24) is 4.72 Å². The highest BCUT2D eigenvalue weighted by Crippen LogP contribution is 2.20. The van der Waals surface area contributed by atoms with E-state index in [9.17, 15) is 17.2 Å². The van der Waals surface area contributed by atoms with Gasteiger partial charge in [0.1, 0.15) is 10.7 Å². The lowest BCUT2D eigenvalue weighted by atomic mass is 10.2. The van der Waals surface area contributed by atoms with Gasteiger partial charge in [0.25, 0.3) is 0 Å². The minimum Gasteiger partial charge on any atom is -0.326 e. The number of hydrogen-bond donors (Lipinski definition) is 2. The van der Waals surface area contributed by atoms with E-state index in [4.69, 9.17) is 5.73 Å². The van der Waals surface area contributed by atoms with Gasteiger partial charge in [0, 0.05) is 18.7 Å². The van der Waals surface area contributed by atoms with Crippen molar-refractivity contribution in [2.75, 3.05) is 0 Å². The van der Waals surface area contributed by atoms with Crippen LogP contribution in [-0.4, -0.2) is 8.42 Å². The van der Waals surface area contributed by atoms with Crippen molar-refractivity contribution in [3.8, 4) is 0 Å². The van der Waals surface area contributed by atoms with E-state index in [1.165, 1.54) is 0 Å². The first kappa shape index (κ1) is 15.6. The van der Waals surface area contributed by atoms with E-state index in [0.29, 0.717) is 0 Å². The summed E-state index contributed by atoms with van der Waals surface area (Å²) >= 11 is 0. The van der Waals surface area contributed by atoms with E-state index in [2.05, 4.69) is 4.72 Å². The molecule has 2 aromatic carbocycles. The second-order valence-corrected chi connectivity index (χ2v) is 6.09. The Kier molecular flexibility index (Phi) is 4.66. The maximum absolute atomic E-state index is 14.0. The molecule has 0 saturated carbocycles. The van der Waals surface area contributed by atoms with Gasteiger partial charge in [-0.15, -0.1) is 0 Å². The van der Waals surface area contributed by atoms with Gasteiger partial charge in [-0.1, -0.05) is 30.3 Å². The van der Waals surface area contributed by atoms with Gasteiger partial charge in [0.15, 0.2) is 5.82 Å². The largest absolute Gasteiger partial charge is 0.326 e. The minimum atomic E-state index is -4.09. The predicted octanol–water partition coefficient (Wildman–Crippen LogP) is 1.90. The van der Waals surface area contributed by atoms with E-state index in [0.717, 1.165) is 17.7 Å². The van der Waals surface area contributed by atoms with E-state index in [1.807, 2.05) is 0 Å². The summed E-state index contributed by atoms with van der Waals surface area (Å²) in [5, 5.41) is 0. The Bertz CT molecular complexity index is 734. The highest BCUT2D eigenvalue weighted by atomic mass is 32.2. The van der Waals surface area contributed by atoms with E-state index >= 15 is 0 Å². The highest BCUT2D eigenvalue weighted by Gasteiger charge is 2.22. The van der Waals surface area contributed by atoms with Gasteiger partial charge >= 0.3 is 0 Å². The number of rotatable bonds is 5. The van der Waals surface area contributed by atoms with Crippen LogP contribution >= 0.6 is 0 Å². The average Bonchev–Trinajstić information content (AvgIpc) is 2.46. The van der Waals surface area contributed by atoms with E-state index < -0.39 is 38.7 Å². The first-order valence-electron chi connectivity index (χ1n) is 6.16. The van der Waals surface area contributed by atoms with Gasteiger partial charge in [0.2, 0.25) is 10.0 Å². The Morgan fingerprint density at radius 2 is 1.71 bits per heavy atom. The van der Waals surface area contributed by atoms with Crippen molar-refractivity contribution in [3.63, 3.8) is 0 Å². The maximum Gasteiger partial charge on any atom is 0.243 e. The lowest BCUT2D eigenvalue weighted by molar-refractivity contribution is 0.525. The van der Waals surface area contributed by atoms with Crippen LogP contribution in [0.3, 0.4) is 0 Å². The third-order valence-electron chi connectivity index (χ3n) is 2.95. The first-order valence-corrected chi connectivity index (χ1v) is 7.64. The summed E-state index contributed by atoms with van der Waals surface area (Å²) in [5.41, 5.74) is 5.51. The van der Waals surface area contributed by atoms with Crippen LogP contribution < -0.4 is 10.5 Å². The Balaban J connectivity index is 2.28. The van der Waals surface area contributed by atoms with Gasteiger partial charge in [-0.25, -0.2) is 21.9 Å². The summed E-state index contributed by atoms with van der Waals surface area (Å²) in [7, 11) is -4.09. The number of benzene rings is 2. The number of hydrogen-bond acceptors (Lipinski definition) is 3. The predicted molar refractivity (Wildman–Crippen MR) is 74.7 cm³/mol. The van der Waals surface area contributed by atoms with Gasteiger partial charge in [-0.05, 0) is 17.7 Å². The van der Waals surface area contributed by atoms with Gasteiger partial charge in [-0.3, -0.25) is 0 Å². The minimum absolute atomic E-state index is 0.0119. The zero-order chi connectivity index (χ0) is 15.5. The van der Waals surface area contributed by atoms with Gasteiger partial charge < -0.3 is 5.73 Å². The number of sulfonamides is 1. The Morgan fingerprint density at radius 1 is 1.05 bits per heavy atom. The zero-order valence-electron chi connectivity index (χ0n) is 11.0. The molecule has 2 aromatic rings. The SMILES string of the molecule is NCc1c(F)ccc(S(=O)(=O)NCc2ccccc2)c1F. The topological polar surface area (TPSA) is 72.2 Å². The van der Waals surface area contributed by atoms with E-state index in [1.54, 1.807) is 30.3 Å². The Labute approximate surface area is 121 Å². The van der Waals surface area contributed by atoms with Crippen molar-refractivity contribution in [2.24, 2.45) is 5.73 Å². The van der Waals surface area contributed by atoms with Gasteiger partial charge in [0.05, 0.1) is 0 Å². The third kappa shape index (κ3) is 3.44. The van der Waals surface area contributed by atoms with Crippen LogP contribution in [-0.2, 0) is 23.1 Å². The maximum atomic E-state index is 14.0. The summed E-state index contributed by atoms with van der Waals surface area (Å²) in [4.78, 5) is -0.611. The van der Waals surface area contributed by atoms with Crippen molar-refractivity contribution < 1.29 is 17.2 Å². The quantitative estimate of drug-likeness (QED) is 0.886. The molecule has 0 aromatic heterocycles. The molecule has 0 unspecified atom stereocenters. The molecule has 0 amide bonds. The second-order valence-electron chi connectivity index (χ2n) is 4.35. The fourth-order valence-corrected chi connectivity index (χ4v) is 2.94. The number of halogens is 2. The fourth-order valence-electron chi connectivity index (χ4n) is 1.82. The molecule has 0 saturated heterocycles. The molecule has 0 aliphatic carbocycles. The van der Waals surface area contributed by atoms with Crippen LogP contribution in [0.15, 0.2) is 47.4 Å². The molecular formula is C14H14F2N2O2S. The molecule has 112 valence electrons. The first-order chi connectivity index (χ1) is 9.95. The molecule has 0 radical (unpaired) electrons. The molecule has 0 aliphatic heterocycles. The average molecular weight is 312 g/mol. The second kappa shape index (κ2) is 6.30. The number of nitrogens with one attached hydrogen (secondary N) is 1. The lowest BCUT2D eigenvalue weighted by Crippen LogP contribution is -2.25. The van der Waals surface area contributed by atoms with Crippen molar-refractivity contribution in [3.05, 3.63) is 65.2 Å². The third-order valence-corrected chi connectivity index (χ3v) is 4.37. The highest BCUT2D eigenvalue weighted by molar-refractivity contribution is 7.89. The smallest absolute Gasteiger partial charge is 0.243 e. The summed E-state index contributed by atoms with van der Waals surface area (Å²) in [5.74, 6) is -2.02. The summed E-state index contributed by atoms with van der Waals surface area (Å²) in [6.07, 6.45) is 0. The van der Waals surface area contributed by atoms with Crippen LogP contribution in [0.25, 0.3) is 0 Å². The summed E-state index contributed by atoms with van der Waals surface area (Å²) < 4.78 is 53.8. The van der Waals surface area contributed by atoms with Gasteiger partial charge in [-0.2, -0.15) is 0 Å². The van der Waals surface area contributed by atoms with Crippen LogP contribution in [0, 0.1) is 11.6 Å². The molecule has 21 heavy (non-hydrogen) atoms. The van der Waals surface area contributed by atoms with E-state index in [-0.39, 0.29) is 6.54 Å². The Hall–Kier alpha value is -1.83. The van der Waals surface area contributed by atoms with Crippen LogP contribution in [0.5, 0.6) is 0 Å². The van der Waals surface area contributed by atoms with Crippen LogP contribution in [0.4, 0.5) is 8.78 Å². The molecular weight excluding hydrogens is 298 g/mol. The normalized spacial score (nSPS) is 11.6. The van der Waals surface area contributed by atoms with Crippen molar-refractivity contribution in [2.45, 2.75) is 18.0 Å². The standard InChI is InChI=1S/C14H14F2N2O2S/c15-12-6-7-13(14(16)11(12)8-17)21(19,20)18-9-10-4-2-1-3-5-10/h1-7,18H,8-9,17H2. The molecule has 0 spiro atoms. The summed E-state index contributed by atoms with van der Waals surface area (Å²) in [6, 6.07) is 10.6. The molecule has 3 N–H and O–H groups in total. The molecule has 0 fully saturated rings. The fraction of sp³-hybridized carbons (Fsp3) is 0.143. The monoisotopic (exact) mass is 312 g/mol. The van der Waals surface area contributed by atoms with Crippen molar-refractivity contribution in [1.29, 1.82) is 0 Å². The van der Waals surface area contributed by atoms with Crippen LogP contribution in [0.1, 0.15) is 11.1 Å². The molecule has 4 nitrogen and oxygen atoms in total. The molecule has 0 aliphatic rings. The zero-order valence-corrected chi connectivity index (χ0v) is 11.8. The molecule has 0 heterocycles.